The number of benzene rings is 1. The van der Waals surface area contributed by atoms with Crippen LogP contribution in [-0.4, -0.2) is 36.3 Å². The number of carbonyl (C=O) groups is 2. The molecule has 0 fully saturated rings. The third kappa shape index (κ3) is 7.32. The van der Waals surface area contributed by atoms with E-state index in [1.54, 1.807) is 53.9 Å². The van der Waals surface area contributed by atoms with E-state index in [2.05, 4.69) is 10.6 Å². The van der Waals surface area contributed by atoms with Crippen LogP contribution in [0, 0.1) is 0 Å². The second-order valence-electron chi connectivity index (χ2n) is 7.51. The maximum atomic E-state index is 12.0. The molecule has 1 unspecified atom stereocenters. The molecule has 25 heavy (non-hydrogen) atoms. The van der Waals surface area contributed by atoms with E-state index in [0.29, 0.717) is 11.4 Å². The first-order valence-electron chi connectivity index (χ1n) is 8.13. The van der Waals surface area contributed by atoms with Gasteiger partial charge in [0.05, 0.1) is 12.8 Å². The molecule has 0 aliphatic heterocycles. The summed E-state index contributed by atoms with van der Waals surface area (Å²) in [5.74, 6) is 0.0802. The first-order valence-corrected chi connectivity index (χ1v) is 8.13. The van der Waals surface area contributed by atoms with Crippen molar-refractivity contribution in [3.8, 4) is 5.75 Å². The number of hydrogen-bond donors (Lipinski definition) is 3. The Hall–Kier alpha value is -2.44. The minimum atomic E-state index is -0.711. The molecule has 2 amide bonds. The summed E-state index contributed by atoms with van der Waals surface area (Å²) >= 11 is 0. The normalized spacial score (nSPS) is 12.9. The molecule has 0 aliphatic carbocycles. The summed E-state index contributed by atoms with van der Waals surface area (Å²) in [6.45, 7) is 8.96. The Morgan fingerprint density at radius 3 is 2.28 bits per heavy atom. The van der Waals surface area contributed by atoms with Gasteiger partial charge in [-0.15, -0.1) is 0 Å². The molecule has 7 heteroatoms. The molecule has 1 aromatic carbocycles. The number of nitrogens with one attached hydrogen (secondary N) is 2. The molecule has 140 valence electrons. The van der Waals surface area contributed by atoms with E-state index in [1.807, 2.05) is 12.1 Å². The van der Waals surface area contributed by atoms with Crippen LogP contribution < -0.4 is 21.1 Å². The number of para-hydroxylation sites is 2. The van der Waals surface area contributed by atoms with Crippen LogP contribution >= 0.6 is 0 Å². The maximum absolute atomic E-state index is 12.0. The van der Waals surface area contributed by atoms with E-state index in [1.165, 1.54) is 0 Å². The van der Waals surface area contributed by atoms with Crippen molar-refractivity contribution in [2.24, 2.45) is 5.73 Å². The molecular formula is C18H29N3O4. The summed E-state index contributed by atoms with van der Waals surface area (Å²) < 4.78 is 10.5. The first-order chi connectivity index (χ1) is 11.4. The topological polar surface area (TPSA) is 103 Å². The predicted molar refractivity (Wildman–Crippen MR) is 97.7 cm³/mol. The minimum Gasteiger partial charge on any atom is -0.495 e. The Bertz CT molecular complexity index is 609. The van der Waals surface area contributed by atoms with E-state index in [4.69, 9.17) is 15.2 Å². The van der Waals surface area contributed by atoms with Gasteiger partial charge in [-0.05, 0) is 53.2 Å². The summed E-state index contributed by atoms with van der Waals surface area (Å²) in [6.07, 6.45) is -0.266. The largest absolute Gasteiger partial charge is 0.495 e. The van der Waals surface area contributed by atoms with Crippen LogP contribution in [0.15, 0.2) is 24.3 Å². The number of rotatable bonds is 7. The van der Waals surface area contributed by atoms with Crippen molar-refractivity contribution in [1.29, 1.82) is 0 Å². The second kappa shape index (κ2) is 8.09. The van der Waals surface area contributed by atoms with Crippen molar-refractivity contribution in [3.05, 3.63) is 24.3 Å². The number of alkyl carbamates (subject to hydrolysis) is 1. The molecule has 0 saturated carbocycles. The fourth-order valence-corrected chi connectivity index (χ4v) is 2.32. The zero-order valence-electron chi connectivity index (χ0n) is 15.8. The number of amides is 2. The highest BCUT2D eigenvalue weighted by molar-refractivity contribution is 5.83. The smallest absolute Gasteiger partial charge is 0.408 e. The van der Waals surface area contributed by atoms with Gasteiger partial charge in [0.2, 0.25) is 5.91 Å². The lowest BCUT2D eigenvalue weighted by molar-refractivity contribution is -0.119. The van der Waals surface area contributed by atoms with E-state index in [0.717, 1.165) is 0 Å². The van der Waals surface area contributed by atoms with Crippen LogP contribution in [0.25, 0.3) is 0 Å². The summed E-state index contributed by atoms with van der Waals surface area (Å²) in [5, 5.41) is 5.86. The van der Waals surface area contributed by atoms with Gasteiger partial charge >= 0.3 is 6.09 Å². The van der Waals surface area contributed by atoms with Crippen LogP contribution in [0.1, 0.15) is 41.0 Å². The van der Waals surface area contributed by atoms with Crippen LogP contribution in [0.3, 0.4) is 0 Å². The lowest BCUT2D eigenvalue weighted by Gasteiger charge is -2.31. The summed E-state index contributed by atoms with van der Waals surface area (Å²) in [5.41, 5.74) is 4.87. The molecule has 7 nitrogen and oxygen atoms in total. The van der Waals surface area contributed by atoms with Crippen molar-refractivity contribution in [2.75, 3.05) is 12.4 Å². The SMILES string of the molecule is COc1ccccc1NC(CC(C)(C)NC(=O)OC(C)(C)C)C(N)=O. The molecule has 0 saturated heterocycles. The van der Waals surface area contributed by atoms with E-state index < -0.39 is 29.2 Å². The number of anilines is 1. The van der Waals surface area contributed by atoms with Gasteiger partial charge in [-0.1, -0.05) is 12.1 Å². The lowest BCUT2D eigenvalue weighted by atomic mass is 9.94. The Balaban J connectivity index is 2.82. The molecule has 0 heterocycles. The van der Waals surface area contributed by atoms with Gasteiger partial charge in [-0.25, -0.2) is 4.79 Å². The molecule has 4 N–H and O–H groups in total. The van der Waals surface area contributed by atoms with Crippen molar-refractivity contribution < 1.29 is 19.1 Å². The summed E-state index contributed by atoms with van der Waals surface area (Å²) in [4.78, 5) is 23.9. The minimum absolute atomic E-state index is 0.277. The molecule has 0 aromatic heterocycles. The molecule has 1 rings (SSSR count). The molecule has 1 aromatic rings. The number of ether oxygens (including phenoxy) is 2. The van der Waals surface area contributed by atoms with Crippen molar-refractivity contribution in [1.82, 2.24) is 5.32 Å². The Morgan fingerprint density at radius 2 is 1.76 bits per heavy atom. The summed E-state index contributed by atoms with van der Waals surface area (Å²) in [6, 6.07) is 6.54. The van der Waals surface area contributed by atoms with Gasteiger partial charge in [-0.2, -0.15) is 0 Å². The maximum Gasteiger partial charge on any atom is 0.408 e. The van der Waals surface area contributed by atoms with Crippen LogP contribution in [0.4, 0.5) is 10.5 Å². The lowest BCUT2D eigenvalue weighted by Crippen LogP contribution is -2.51. The molecule has 1 atom stereocenters. The Morgan fingerprint density at radius 1 is 1.16 bits per heavy atom. The molecule has 0 radical (unpaired) electrons. The number of nitrogens with two attached hydrogens (primary N) is 1. The number of primary amides is 1. The Kier molecular flexibility index (Phi) is 6.67. The van der Waals surface area contributed by atoms with Crippen LogP contribution in [-0.2, 0) is 9.53 Å². The third-order valence-corrected chi connectivity index (χ3v) is 3.33. The van der Waals surface area contributed by atoms with E-state index in [9.17, 15) is 9.59 Å². The number of carbonyl (C=O) groups excluding carboxylic acids is 2. The molecule has 0 bridgehead atoms. The van der Waals surface area contributed by atoms with Crippen LogP contribution in [0.2, 0.25) is 0 Å². The average molecular weight is 351 g/mol. The van der Waals surface area contributed by atoms with E-state index >= 15 is 0 Å². The highest BCUT2D eigenvalue weighted by atomic mass is 16.6. The second-order valence-corrected chi connectivity index (χ2v) is 7.51. The zero-order chi connectivity index (χ0) is 19.3. The average Bonchev–Trinajstić information content (AvgIpc) is 2.43. The highest BCUT2D eigenvalue weighted by Gasteiger charge is 2.30. The fourth-order valence-electron chi connectivity index (χ4n) is 2.32. The molecular weight excluding hydrogens is 322 g/mol. The van der Waals surface area contributed by atoms with Gasteiger partial charge in [-0.3, -0.25) is 4.79 Å². The molecule has 0 spiro atoms. The van der Waals surface area contributed by atoms with Gasteiger partial charge in [0.15, 0.2) is 0 Å². The predicted octanol–water partition coefficient (Wildman–Crippen LogP) is 2.65. The number of methoxy groups -OCH3 is 1. The fraction of sp³-hybridized carbons (Fsp3) is 0.556. The summed E-state index contributed by atoms with van der Waals surface area (Å²) in [7, 11) is 1.55. The van der Waals surface area contributed by atoms with E-state index in [-0.39, 0.29) is 6.42 Å². The van der Waals surface area contributed by atoms with Gasteiger partial charge < -0.3 is 25.8 Å². The van der Waals surface area contributed by atoms with Gasteiger partial charge in [0.25, 0.3) is 0 Å². The van der Waals surface area contributed by atoms with Crippen molar-refractivity contribution in [2.45, 2.75) is 58.2 Å². The standard InChI is InChI=1S/C18H29N3O4/c1-17(2,3)25-16(23)21-18(4,5)11-13(15(19)22)20-12-9-7-8-10-14(12)24-6/h7-10,13,20H,11H2,1-6H3,(H2,19,22)(H,21,23). The Labute approximate surface area is 149 Å². The quantitative estimate of drug-likeness (QED) is 0.701. The monoisotopic (exact) mass is 351 g/mol. The van der Waals surface area contributed by atoms with Crippen molar-refractivity contribution in [3.63, 3.8) is 0 Å². The highest BCUT2D eigenvalue weighted by Crippen LogP contribution is 2.25. The third-order valence-electron chi connectivity index (χ3n) is 3.33. The zero-order valence-corrected chi connectivity index (χ0v) is 15.8. The molecule has 0 aliphatic rings. The van der Waals surface area contributed by atoms with Crippen molar-refractivity contribution >= 4 is 17.7 Å². The first kappa shape index (κ1) is 20.6. The number of hydrogen-bond acceptors (Lipinski definition) is 5. The van der Waals surface area contributed by atoms with Gasteiger partial charge in [0, 0.05) is 5.54 Å². The van der Waals surface area contributed by atoms with Gasteiger partial charge in [0.1, 0.15) is 17.4 Å². The van der Waals surface area contributed by atoms with Crippen LogP contribution in [0.5, 0.6) is 5.75 Å².